The summed E-state index contributed by atoms with van der Waals surface area (Å²) in [5.74, 6) is -0.366. The molecule has 0 aliphatic rings. The van der Waals surface area contributed by atoms with Gasteiger partial charge in [0.15, 0.2) is 0 Å². The Kier molecular flexibility index (Phi) is 5.89. The lowest BCUT2D eigenvalue weighted by atomic mass is 10.1. The van der Waals surface area contributed by atoms with Crippen molar-refractivity contribution in [3.63, 3.8) is 0 Å². The van der Waals surface area contributed by atoms with E-state index in [9.17, 15) is 9.59 Å². The first kappa shape index (κ1) is 19.8. The first-order valence-electron chi connectivity index (χ1n) is 8.84. The third kappa shape index (κ3) is 4.45. The Bertz CT molecular complexity index is 1010. The maximum absolute atomic E-state index is 12.4. The number of aryl methyl sites for hydroxylation is 1. The molecular formula is C20H21N3O4S. The van der Waals surface area contributed by atoms with E-state index in [0.29, 0.717) is 27.7 Å². The number of ether oxygens (including phenoxy) is 1. The first-order chi connectivity index (χ1) is 13.3. The molecule has 0 saturated heterocycles. The summed E-state index contributed by atoms with van der Waals surface area (Å²) in [5.41, 5.74) is 2.26. The van der Waals surface area contributed by atoms with Gasteiger partial charge in [0.25, 0.3) is 0 Å². The maximum atomic E-state index is 12.4. The molecule has 146 valence electrons. The van der Waals surface area contributed by atoms with Gasteiger partial charge in [-0.25, -0.2) is 14.8 Å². The minimum absolute atomic E-state index is 0.0243. The summed E-state index contributed by atoms with van der Waals surface area (Å²) in [6.45, 7) is 6.20. The van der Waals surface area contributed by atoms with Crippen molar-refractivity contribution < 1.29 is 19.4 Å². The molecule has 0 unspecified atom stereocenters. The van der Waals surface area contributed by atoms with E-state index in [-0.39, 0.29) is 18.3 Å². The first-order valence-corrected chi connectivity index (χ1v) is 9.65. The van der Waals surface area contributed by atoms with Crippen molar-refractivity contribution >= 4 is 45.0 Å². The van der Waals surface area contributed by atoms with E-state index in [0.717, 1.165) is 16.6 Å². The number of nitrogens with one attached hydrogen (secondary N) is 1. The van der Waals surface area contributed by atoms with Gasteiger partial charge in [0.1, 0.15) is 21.9 Å². The second kappa shape index (κ2) is 8.35. The van der Waals surface area contributed by atoms with Gasteiger partial charge in [-0.2, -0.15) is 0 Å². The van der Waals surface area contributed by atoms with Crippen molar-refractivity contribution in [3.05, 3.63) is 46.6 Å². The van der Waals surface area contributed by atoms with Crippen LogP contribution in [0.3, 0.4) is 0 Å². The summed E-state index contributed by atoms with van der Waals surface area (Å²) < 4.78 is 5.36. The molecule has 0 aliphatic carbocycles. The number of aliphatic carboxylic acids is 1. The largest absolute Gasteiger partial charge is 0.481 e. The highest BCUT2D eigenvalue weighted by atomic mass is 32.1. The summed E-state index contributed by atoms with van der Waals surface area (Å²) in [6, 6.07) is 7.10. The van der Waals surface area contributed by atoms with E-state index in [1.807, 2.05) is 20.8 Å². The molecule has 2 heterocycles. The molecule has 2 N–H and O–H groups in total. The fourth-order valence-electron chi connectivity index (χ4n) is 2.69. The van der Waals surface area contributed by atoms with E-state index in [2.05, 4.69) is 15.3 Å². The normalized spacial score (nSPS) is 11.0. The lowest BCUT2D eigenvalue weighted by Crippen LogP contribution is -2.09. The molecule has 3 rings (SSSR count). The zero-order valence-corrected chi connectivity index (χ0v) is 16.7. The number of fused-ring (bicyclic) bond motifs is 1. The predicted molar refractivity (Wildman–Crippen MR) is 108 cm³/mol. The van der Waals surface area contributed by atoms with Crippen LogP contribution in [0.25, 0.3) is 10.2 Å². The number of nitrogens with zero attached hydrogens (tertiary/aromatic N) is 2. The third-order valence-corrected chi connectivity index (χ3v) is 5.21. The molecule has 0 atom stereocenters. The van der Waals surface area contributed by atoms with Crippen LogP contribution in [0, 0.1) is 12.8 Å². The van der Waals surface area contributed by atoms with E-state index >= 15 is 0 Å². The van der Waals surface area contributed by atoms with E-state index in [4.69, 9.17) is 9.84 Å². The molecule has 0 fully saturated rings. The zero-order valence-electron chi connectivity index (χ0n) is 15.9. The molecule has 2 aromatic heterocycles. The standard InChI is InChI=1S/C20H21N3O4S/c1-11(2)9-27-20(26)17-12(3)16-18(21-10-22-19(16)28-17)23-14-6-4-13(5-7-14)8-15(24)25/h4-7,10-11H,8-9H2,1-3H3,(H,24,25)(H,21,22,23). The van der Waals surface area contributed by atoms with E-state index in [1.165, 1.54) is 17.7 Å². The van der Waals surface area contributed by atoms with Crippen molar-refractivity contribution in [1.82, 2.24) is 9.97 Å². The fraction of sp³-hybridized carbons (Fsp3) is 0.300. The second-order valence-corrected chi connectivity index (χ2v) is 7.84. The number of esters is 1. The molecular weight excluding hydrogens is 378 g/mol. The van der Waals surface area contributed by atoms with Gasteiger partial charge < -0.3 is 15.2 Å². The summed E-state index contributed by atoms with van der Waals surface area (Å²) in [5, 5.41) is 12.9. The number of carboxylic acids is 1. The number of hydrogen-bond donors (Lipinski definition) is 2. The van der Waals surface area contributed by atoms with Crippen LogP contribution in [0.5, 0.6) is 0 Å². The van der Waals surface area contributed by atoms with Gasteiger partial charge in [-0.3, -0.25) is 4.79 Å². The number of benzene rings is 1. The fourth-order valence-corrected chi connectivity index (χ4v) is 3.73. The summed E-state index contributed by atoms with van der Waals surface area (Å²) >= 11 is 1.29. The Morgan fingerprint density at radius 1 is 1.21 bits per heavy atom. The van der Waals surface area contributed by atoms with Gasteiger partial charge in [-0.1, -0.05) is 26.0 Å². The second-order valence-electron chi connectivity index (χ2n) is 6.84. The number of carboxylic acid groups (broad SMARTS) is 1. The molecule has 8 heteroatoms. The lowest BCUT2D eigenvalue weighted by molar-refractivity contribution is -0.136. The smallest absolute Gasteiger partial charge is 0.348 e. The summed E-state index contributed by atoms with van der Waals surface area (Å²) in [6.07, 6.45) is 1.42. The van der Waals surface area contributed by atoms with Crippen molar-refractivity contribution in [3.8, 4) is 0 Å². The Labute approximate surface area is 166 Å². The number of thiophene rings is 1. The SMILES string of the molecule is Cc1c(C(=O)OCC(C)C)sc2ncnc(Nc3ccc(CC(=O)O)cc3)c12. The van der Waals surface area contributed by atoms with Crippen molar-refractivity contribution in [1.29, 1.82) is 0 Å². The molecule has 0 aliphatic heterocycles. The maximum Gasteiger partial charge on any atom is 0.348 e. The molecule has 0 amide bonds. The molecule has 0 bridgehead atoms. The highest BCUT2D eigenvalue weighted by Crippen LogP contribution is 2.34. The van der Waals surface area contributed by atoms with Crippen molar-refractivity contribution in [2.45, 2.75) is 27.2 Å². The Morgan fingerprint density at radius 3 is 2.57 bits per heavy atom. The third-order valence-electron chi connectivity index (χ3n) is 4.03. The summed E-state index contributed by atoms with van der Waals surface area (Å²) in [4.78, 5) is 33.0. The van der Waals surface area contributed by atoms with Crippen LogP contribution in [0.4, 0.5) is 11.5 Å². The van der Waals surface area contributed by atoms with Crippen LogP contribution >= 0.6 is 11.3 Å². The molecule has 0 radical (unpaired) electrons. The number of carbonyl (C=O) groups is 2. The lowest BCUT2D eigenvalue weighted by Gasteiger charge is -2.08. The van der Waals surface area contributed by atoms with Crippen LogP contribution in [0.1, 0.15) is 34.6 Å². The molecule has 0 saturated carbocycles. The van der Waals surface area contributed by atoms with Gasteiger partial charge in [0.2, 0.25) is 0 Å². The Balaban J connectivity index is 1.88. The van der Waals surface area contributed by atoms with Crippen LogP contribution in [0.15, 0.2) is 30.6 Å². The minimum Gasteiger partial charge on any atom is -0.481 e. The Hall–Kier alpha value is -3.00. The summed E-state index contributed by atoms with van der Waals surface area (Å²) in [7, 11) is 0. The number of hydrogen-bond acceptors (Lipinski definition) is 7. The van der Waals surface area contributed by atoms with Crippen LogP contribution < -0.4 is 5.32 Å². The monoisotopic (exact) mass is 399 g/mol. The number of rotatable bonds is 7. The topological polar surface area (TPSA) is 101 Å². The zero-order chi connectivity index (χ0) is 20.3. The van der Waals surface area contributed by atoms with Gasteiger partial charge in [-0.15, -0.1) is 11.3 Å². The average molecular weight is 399 g/mol. The molecule has 0 spiro atoms. The van der Waals surface area contributed by atoms with Crippen LogP contribution in [-0.4, -0.2) is 33.6 Å². The van der Waals surface area contributed by atoms with Gasteiger partial charge in [0, 0.05) is 5.69 Å². The van der Waals surface area contributed by atoms with Gasteiger partial charge in [0.05, 0.1) is 18.4 Å². The van der Waals surface area contributed by atoms with Gasteiger partial charge >= 0.3 is 11.9 Å². The van der Waals surface area contributed by atoms with E-state index < -0.39 is 5.97 Å². The number of anilines is 2. The molecule has 28 heavy (non-hydrogen) atoms. The van der Waals surface area contributed by atoms with Gasteiger partial charge in [-0.05, 0) is 36.1 Å². The number of carbonyl (C=O) groups excluding carboxylic acids is 1. The molecule has 1 aromatic carbocycles. The van der Waals surface area contributed by atoms with E-state index in [1.54, 1.807) is 24.3 Å². The highest BCUT2D eigenvalue weighted by Gasteiger charge is 2.20. The Morgan fingerprint density at radius 2 is 1.93 bits per heavy atom. The van der Waals surface area contributed by atoms with Crippen LogP contribution in [-0.2, 0) is 16.0 Å². The number of aromatic nitrogens is 2. The van der Waals surface area contributed by atoms with Crippen molar-refractivity contribution in [2.24, 2.45) is 5.92 Å². The molecule has 3 aromatic rings. The van der Waals surface area contributed by atoms with Crippen LogP contribution in [0.2, 0.25) is 0 Å². The molecule has 7 nitrogen and oxygen atoms in total. The average Bonchev–Trinajstić information content (AvgIpc) is 2.99. The quantitative estimate of drug-likeness (QED) is 0.575. The highest BCUT2D eigenvalue weighted by molar-refractivity contribution is 7.20. The minimum atomic E-state index is -0.871. The predicted octanol–water partition coefficient (Wildman–Crippen LogP) is 4.18. The van der Waals surface area contributed by atoms with Crippen molar-refractivity contribution in [2.75, 3.05) is 11.9 Å².